The summed E-state index contributed by atoms with van der Waals surface area (Å²) >= 11 is 6.89. The lowest BCUT2D eigenvalue weighted by molar-refractivity contribution is 0.0950. The number of hydrazone groups is 1. The monoisotopic (exact) mass is 420 g/mol. The molecule has 1 aromatic carbocycles. The Labute approximate surface area is 164 Å². The summed E-state index contributed by atoms with van der Waals surface area (Å²) in [4.78, 5) is 12.2. The summed E-state index contributed by atoms with van der Waals surface area (Å²) in [5.41, 5.74) is 0.327. The zero-order valence-electron chi connectivity index (χ0n) is 15.7. The van der Waals surface area contributed by atoms with E-state index in [9.17, 15) is 9.18 Å². The Kier molecular flexibility index (Phi) is 9.41. The smallest absolute Gasteiger partial charge is 0.274 e. The summed E-state index contributed by atoms with van der Waals surface area (Å²) in [7, 11) is 0. The Bertz CT molecular complexity index is 683. The minimum Gasteiger partial charge on any atom is -0.322 e. The summed E-state index contributed by atoms with van der Waals surface area (Å²) in [5.74, 6) is -0.739. The molecule has 0 atom stereocenters. The highest BCUT2D eigenvalue weighted by atomic mass is 32.9. The first-order valence-corrected chi connectivity index (χ1v) is 12.5. The van der Waals surface area contributed by atoms with Gasteiger partial charge in [0.1, 0.15) is 5.82 Å². The van der Waals surface area contributed by atoms with E-state index in [2.05, 4.69) is 10.5 Å². The quantitative estimate of drug-likeness (QED) is 0.347. The maximum atomic E-state index is 13.7. The van der Waals surface area contributed by atoms with Crippen LogP contribution in [0.25, 0.3) is 0 Å². The third-order valence-electron chi connectivity index (χ3n) is 3.21. The van der Waals surface area contributed by atoms with Crippen LogP contribution in [0.2, 0.25) is 0 Å². The molecule has 9 heteroatoms. The number of benzene rings is 1. The summed E-state index contributed by atoms with van der Waals surface area (Å²) in [5, 5.41) is 4.23. The Morgan fingerprint density at radius 2 is 1.85 bits per heavy atom. The third-order valence-corrected chi connectivity index (χ3v) is 8.63. The first kappa shape index (κ1) is 23.2. The van der Waals surface area contributed by atoms with E-state index in [4.69, 9.17) is 20.9 Å². The van der Waals surface area contributed by atoms with Crippen LogP contribution in [0, 0.1) is 11.2 Å². The number of carbonyl (C=O) groups is 1. The van der Waals surface area contributed by atoms with E-state index in [0.29, 0.717) is 24.7 Å². The van der Waals surface area contributed by atoms with Gasteiger partial charge in [-0.15, -0.1) is 0 Å². The molecule has 1 aromatic rings. The van der Waals surface area contributed by atoms with Gasteiger partial charge in [0, 0.05) is 11.2 Å². The second kappa shape index (κ2) is 10.5. The minimum absolute atomic E-state index is 0.0501. The predicted octanol–water partition coefficient (Wildman–Crippen LogP) is 4.99. The van der Waals surface area contributed by atoms with Gasteiger partial charge in [0.05, 0.1) is 24.5 Å². The predicted molar refractivity (Wildman–Crippen MR) is 111 cm³/mol. The zero-order valence-corrected chi connectivity index (χ0v) is 18.3. The Morgan fingerprint density at radius 1 is 1.27 bits per heavy atom. The van der Waals surface area contributed by atoms with Crippen LogP contribution in [0.5, 0.6) is 0 Å². The SMILES string of the molecule is CCOP(=S)(OCC)SCC(=NNC(=O)c1ccccc1F)C(C)(C)C. The largest absolute Gasteiger partial charge is 0.322 e. The fraction of sp³-hybridized carbons (Fsp3) is 0.529. The molecule has 5 nitrogen and oxygen atoms in total. The lowest BCUT2D eigenvalue weighted by Gasteiger charge is -2.25. The van der Waals surface area contributed by atoms with Crippen LogP contribution in [-0.2, 0) is 20.9 Å². The van der Waals surface area contributed by atoms with Crippen molar-refractivity contribution in [3.8, 4) is 0 Å². The van der Waals surface area contributed by atoms with Crippen molar-refractivity contribution in [3.05, 3.63) is 35.6 Å². The minimum atomic E-state index is -2.46. The normalized spacial score (nSPS) is 12.9. The van der Waals surface area contributed by atoms with Gasteiger partial charge in [-0.3, -0.25) is 4.79 Å². The average Bonchev–Trinajstić information content (AvgIpc) is 2.54. The van der Waals surface area contributed by atoms with Crippen LogP contribution in [0.15, 0.2) is 29.4 Å². The molecule has 0 saturated carbocycles. The number of hydrogen-bond acceptors (Lipinski definition) is 6. The highest BCUT2D eigenvalue weighted by Crippen LogP contribution is 2.61. The molecule has 146 valence electrons. The highest BCUT2D eigenvalue weighted by molar-refractivity contribution is 8.68. The molecule has 0 aromatic heterocycles. The van der Waals surface area contributed by atoms with E-state index < -0.39 is 17.4 Å². The molecule has 0 radical (unpaired) electrons. The maximum Gasteiger partial charge on any atom is 0.274 e. The van der Waals surface area contributed by atoms with Gasteiger partial charge in [-0.1, -0.05) is 44.3 Å². The van der Waals surface area contributed by atoms with Gasteiger partial charge in [0.2, 0.25) is 5.69 Å². The Hall–Kier alpha value is -0.790. The lowest BCUT2D eigenvalue weighted by Crippen LogP contribution is -2.28. The molecule has 0 aliphatic rings. The van der Waals surface area contributed by atoms with Gasteiger partial charge in [-0.25, -0.2) is 9.82 Å². The fourth-order valence-corrected chi connectivity index (χ4v) is 6.47. The molecule has 0 aliphatic carbocycles. The first-order valence-electron chi connectivity index (χ1n) is 8.28. The number of rotatable bonds is 9. The van der Waals surface area contributed by atoms with Gasteiger partial charge in [-0.05, 0) is 37.8 Å². The number of amides is 1. The molecule has 0 saturated heterocycles. The van der Waals surface area contributed by atoms with Gasteiger partial charge in [-0.2, -0.15) is 5.10 Å². The molecular weight excluding hydrogens is 394 g/mol. The number of nitrogens with one attached hydrogen (secondary N) is 1. The number of carbonyl (C=O) groups excluding carboxylic acids is 1. The average molecular weight is 421 g/mol. The van der Waals surface area contributed by atoms with E-state index in [1.165, 1.54) is 29.6 Å². The van der Waals surface area contributed by atoms with Crippen LogP contribution in [-0.4, -0.2) is 30.6 Å². The third kappa shape index (κ3) is 7.45. The van der Waals surface area contributed by atoms with E-state index in [1.807, 2.05) is 34.6 Å². The molecule has 0 fully saturated rings. The van der Waals surface area contributed by atoms with Crippen molar-refractivity contribution in [3.63, 3.8) is 0 Å². The van der Waals surface area contributed by atoms with Crippen molar-refractivity contribution < 1.29 is 18.2 Å². The first-order chi connectivity index (χ1) is 12.1. The molecule has 0 unspecified atom stereocenters. The van der Waals surface area contributed by atoms with E-state index in [-0.39, 0.29) is 11.0 Å². The number of nitrogens with zero attached hydrogens (tertiary/aromatic N) is 1. The van der Waals surface area contributed by atoms with Crippen LogP contribution < -0.4 is 5.43 Å². The molecule has 0 spiro atoms. The summed E-state index contributed by atoms with van der Waals surface area (Å²) in [6, 6.07) is 5.78. The number of halogens is 1. The van der Waals surface area contributed by atoms with Crippen molar-refractivity contribution in [1.82, 2.24) is 5.43 Å². The van der Waals surface area contributed by atoms with Gasteiger partial charge >= 0.3 is 0 Å². The molecule has 1 N–H and O–H groups in total. The lowest BCUT2D eigenvalue weighted by atomic mass is 9.91. The Balaban J connectivity index is 2.90. The van der Waals surface area contributed by atoms with Crippen LogP contribution in [0.1, 0.15) is 45.0 Å². The summed E-state index contributed by atoms with van der Waals surface area (Å²) in [6.45, 7) is 10.6. The van der Waals surface area contributed by atoms with Crippen molar-refractivity contribution in [1.29, 1.82) is 0 Å². The van der Waals surface area contributed by atoms with E-state index >= 15 is 0 Å². The van der Waals surface area contributed by atoms with Crippen LogP contribution in [0.3, 0.4) is 0 Å². The van der Waals surface area contributed by atoms with Crippen LogP contribution in [0.4, 0.5) is 4.39 Å². The molecular formula is C17H26FN2O3PS2. The molecule has 0 bridgehead atoms. The number of hydrogen-bond donors (Lipinski definition) is 1. The molecule has 1 rings (SSSR count). The summed E-state index contributed by atoms with van der Waals surface area (Å²) in [6.07, 6.45) is 0. The van der Waals surface area contributed by atoms with Gasteiger partial charge in [0.15, 0.2) is 0 Å². The highest BCUT2D eigenvalue weighted by Gasteiger charge is 2.25. The molecule has 0 heterocycles. The van der Waals surface area contributed by atoms with E-state index in [0.717, 1.165) is 0 Å². The van der Waals surface area contributed by atoms with Crippen LogP contribution >= 0.6 is 17.1 Å². The Morgan fingerprint density at radius 3 is 2.35 bits per heavy atom. The summed E-state index contributed by atoms with van der Waals surface area (Å²) < 4.78 is 25.0. The van der Waals surface area contributed by atoms with Crippen molar-refractivity contribution in [2.75, 3.05) is 19.0 Å². The molecule has 1 amide bonds. The molecule has 0 aliphatic heterocycles. The fourth-order valence-electron chi connectivity index (χ4n) is 1.81. The topological polar surface area (TPSA) is 59.9 Å². The zero-order chi connectivity index (χ0) is 19.8. The standard InChI is InChI=1S/C17H26FN2O3PS2/c1-6-22-24(25,23-7-2)26-12-15(17(3,4)5)19-20-16(21)13-10-8-9-11-14(13)18/h8-11H,6-7,12H2,1-5H3,(H,20,21). The molecule has 26 heavy (non-hydrogen) atoms. The van der Waals surface area contributed by atoms with Crippen molar-refractivity contribution in [2.45, 2.75) is 34.6 Å². The maximum absolute atomic E-state index is 13.7. The van der Waals surface area contributed by atoms with Crippen molar-refractivity contribution in [2.24, 2.45) is 10.5 Å². The second-order valence-corrected chi connectivity index (χ2v) is 12.6. The second-order valence-electron chi connectivity index (χ2n) is 6.29. The van der Waals surface area contributed by atoms with Gasteiger partial charge in [0.25, 0.3) is 5.91 Å². The van der Waals surface area contributed by atoms with E-state index in [1.54, 1.807) is 6.07 Å². The van der Waals surface area contributed by atoms with Crippen molar-refractivity contribution >= 4 is 40.5 Å². The van der Waals surface area contributed by atoms with Gasteiger partial charge < -0.3 is 9.05 Å².